The fourth-order valence-electron chi connectivity index (χ4n) is 2.49. The van der Waals surface area contributed by atoms with Gasteiger partial charge in [-0.2, -0.15) is 0 Å². The summed E-state index contributed by atoms with van der Waals surface area (Å²) in [7, 11) is 0. The first-order valence-electron chi connectivity index (χ1n) is 8.28. The van der Waals surface area contributed by atoms with Crippen LogP contribution < -0.4 is 10.5 Å². The number of aliphatic carboxylic acids is 1. The van der Waals surface area contributed by atoms with Crippen molar-refractivity contribution in [3.63, 3.8) is 0 Å². The van der Waals surface area contributed by atoms with Gasteiger partial charge in [-0.3, -0.25) is 9.78 Å². The van der Waals surface area contributed by atoms with E-state index in [4.69, 9.17) is 27.2 Å². The molecule has 0 aliphatic carbocycles. The Morgan fingerprint density at radius 3 is 2.68 bits per heavy atom. The summed E-state index contributed by atoms with van der Waals surface area (Å²) in [5.74, 6) is -1.40. The van der Waals surface area contributed by atoms with Gasteiger partial charge in [-0.25, -0.2) is 14.4 Å². The van der Waals surface area contributed by atoms with E-state index in [9.17, 15) is 9.18 Å². The Hall–Kier alpha value is -3.10. The minimum absolute atomic E-state index is 0.146. The molecule has 1 atom stereocenters. The highest BCUT2D eigenvalue weighted by Crippen LogP contribution is 2.26. The zero-order chi connectivity index (χ0) is 20.1. The van der Waals surface area contributed by atoms with Crippen LogP contribution in [0.3, 0.4) is 0 Å². The van der Waals surface area contributed by atoms with Gasteiger partial charge in [0.05, 0.1) is 29.0 Å². The molecule has 0 fully saturated rings. The second-order valence-electron chi connectivity index (χ2n) is 6.02. The third kappa shape index (κ3) is 5.21. The van der Waals surface area contributed by atoms with Crippen molar-refractivity contribution in [2.24, 2.45) is 5.73 Å². The minimum Gasteiger partial charge on any atom is -0.481 e. The molecule has 0 amide bonds. The Balaban J connectivity index is 1.72. The van der Waals surface area contributed by atoms with Crippen LogP contribution >= 0.6 is 11.6 Å². The highest BCUT2D eigenvalue weighted by molar-refractivity contribution is 6.30. The number of pyridine rings is 1. The van der Waals surface area contributed by atoms with Gasteiger partial charge in [-0.15, -0.1) is 0 Å². The Morgan fingerprint density at radius 2 is 2.00 bits per heavy atom. The fourth-order valence-corrected chi connectivity index (χ4v) is 2.64. The molecule has 0 radical (unpaired) electrons. The summed E-state index contributed by atoms with van der Waals surface area (Å²) in [5, 5.41) is 8.98. The van der Waals surface area contributed by atoms with Crippen LogP contribution in [0.15, 0.2) is 48.9 Å². The molecule has 0 saturated carbocycles. The number of hydrogen-bond donors (Lipinski definition) is 2. The van der Waals surface area contributed by atoms with Crippen LogP contribution in [0.2, 0.25) is 5.02 Å². The van der Waals surface area contributed by atoms with Gasteiger partial charge in [0, 0.05) is 30.4 Å². The molecule has 7 nitrogen and oxygen atoms in total. The Morgan fingerprint density at radius 1 is 1.25 bits per heavy atom. The van der Waals surface area contributed by atoms with E-state index in [0.717, 1.165) is 11.6 Å². The van der Waals surface area contributed by atoms with E-state index in [1.807, 2.05) is 0 Å². The number of aromatic nitrogens is 3. The zero-order valence-electron chi connectivity index (χ0n) is 14.5. The molecular formula is C19H16ClFN4O3. The molecule has 144 valence electrons. The molecule has 1 aromatic carbocycles. The maximum Gasteiger partial charge on any atom is 0.304 e. The monoisotopic (exact) mass is 402 g/mol. The van der Waals surface area contributed by atoms with Gasteiger partial charge in [0.2, 0.25) is 0 Å². The second kappa shape index (κ2) is 8.73. The van der Waals surface area contributed by atoms with Crippen molar-refractivity contribution in [1.82, 2.24) is 15.0 Å². The smallest absolute Gasteiger partial charge is 0.304 e. The number of nitrogens with two attached hydrogens (primary N) is 1. The molecule has 0 saturated heterocycles. The number of rotatable bonds is 7. The van der Waals surface area contributed by atoms with E-state index in [1.54, 1.807) is 36.7 Å². The van der Waals surface area contributed by atoms with Crippen LogP contribution in [-0.4, -0.2) is 32.1 Å². The number of hydrogen-bond acceptors (Lipinski definition) is 6. The van der Waals surface area contributed by atoms with Crippen LogP contribution in [0.25, 0.3) is 11.3 Å². The lowest BCUT2D eigenvalue weighted by atomic mass is 10.1. The van der Waals surface area contributed by atoms with Crippen LogP contribution in [0.1, 0.15) is 12.1 Å². The normalized spacial score (nSPS) is 11.8. The van der Waals surface area contributed by atoms with Crippen molar-refractivity contribution in [2.75, 3.05) is 0 Å². The van der Waals surface area contributed by atoms with Gasteiger partial charge < -0.3 is 15.6 Å². The lowest BCUT2D eigenvalue weighted by Gasteiger charge is -2.10. The van der Waals surface area contributed by atoms with Crippen LogP contribution in [0.4, 0.5) is 4.39 Å². The predicted molar refractivity (Wildman–Crippen MR) is 101 cm³/mol. The SMILES string of the molecule is N[C@H](CC(=O)O)Cc1cncc(-c2ccc(Oc3ncc(Cl)cc3F)cc2)n1. The zero-order valence-corrected chi connectivity index (χ0v) is 15.3. The number of ether oxygens (including phenoxy) is 1. The first-order valence-corrected chi connectivity index (χ1v) is 8.66. The molecule has 3 aromatic rings. The molecule has 3 rings (SSSR count). The number of nitrogens with zero attached hydrogens (tertiary/aromatic N) is 3. The highest BCUT2D eigenvalue weighted by Gasteiger charge is 2.12. The molecule has 0 bridgehead atoms. The van der Waals surface area contributed by atoms with E-state index in [1.165, 1.54) is 6.20 Å². The molecular weight excluding hydrogens is 387 g/mol. The number of carbonyl (C=O) groups is 1. The van der Waals surface area contributed by atoms with E-state index >= 15 is 0 Å². The van der Waals surface area contributed by atoms with Gasteiger partial charge in [-0.05, 0) is 30.3 Å². The van der Waals surface area contributed by atoms with E-state index in [0.29, 0.717) is 23.6 Å². The summed E-state index contributed by atoms with van der Waals surface area (Å²) in [5.41, 5.74) is 7.76. The van der Waals surface area contributed by atoms with E-state index in [2.05, 4.69) is 15.0 Å². The first-order chi connectivity index (χ1) is 13.4. The first kappa shape index (κ1) is 19.7. The van der Waals surface area contributed by atoms with Crippen LogP contribution in [-0.2, 0) is 11.2 Å². The van der Waals surface area contributed by atoms with Crippen LogP contribution in [0.5, 0.6) is 11.6 Å². The summed E-state index contributed by atoms with van der Waals surface area (Å²) in [6.45, 7) is 0. The Bertz CT molecular complexity index is 985. The van der Waals surface area contributed by atoms with Crippen molar-refractivity contribution in [3.05, 3.63) is 65.5 Å². The Labute approximate surface area is 165 Å². The number of carboxylic acids is 1. The molecule has 3 N–H and O–H groups in total. The summed E-state index contributed by atoms with van der Waals surface area (Å²) in [6.07, 6.45) is 4.59. The molecule has 0 aliphatic rings. The van der Waals surface area contributed by atoms with Crippen LogP contribution in [0, 0.1) is 5.82 Å². The summed E-state index contributed by atoms with van der Waals surface area (Å²) in [4.78, 5) is 23.1. The topological polar surface area (TPSA) is 111 Å². The second-order valence-corrected chi connectivity index (χ2v) is 6.46. The molecule has 2 heterocycles. The predicted octanol–water partition coefficient (Wildman–Crippen LogP) is 3.47. The molecule has 28 heavy (non-hydrogen) atoms. The van der Waals surface area contributed by atoms with Gasteiger partial charge >= 0.3 is 5.97 Å². The molecule has 0 aliphatic heterocycles. The molecule has 9 heteroatoms. The van der Waals surface area contributed by atoms with E-state index in [-0.39, 0.29) is 17.3 Å². The van der Waals surface area contributed by atoms with Crippen molar-refractivity contribution in [2.45, 2.75) is 18.9 Å². The quantitative estimate of drug-likeness (QED) is 0.622. The van der Waals surface area contributed by atoms with E-state index < -0.39 is 17.8 Å². The number of benzene rings is 1. The maximum absolute atomic E-state index is 13.8. The largest absolute Gasteiger partial charge is 0.481 e. The maximum atomic E-state index is 13.8. The fraction of sp³-hybridized carbons (Fsp3) is 0.158. The van der Waals surface area contributed by atoms with Crippen molar-refractivity contribution >= 4 is 17.6 Å². The van der Waals surface area contributed by atoms with Gasteiger partial charge in [0.1, 0.15) is 5.75 Å². The third-order valence-corrected chi connectivity index (χ3v) is 3.94. The van der Waals surface area contributed by atoms with Crippen molar-refractivity contribution in [1.29, 1.82) is 0 Å². The van der Waals surface area contributed by atoms with Crippen molar-refractivity contribution in [3.8, 4) is 22.9 Å². The van der Waals surface area contributed by atoms with Crippen molar-refractivity contribution < 1.29 is 19.0 Å². The van der Waals surface area contributed by atoms with Gasteiger partial charge in [0.25, 0.3) is 5.88 Å². The standard InChI is InChI=1S/C19H16ClFN4O3/c20-12-5-16(21)19(24-8-12)28-15-3-1-11(2-4-15)17-10-23-9-14(25-17)6-13(22)7-18(26)27/h1-5,8-10,13H,6-7,22H2,(H,26,27)/t13-/m0/s1. The average molecular weight is 403 g/mol. The third-order valence-electron chi connectivity index (χ3n) is 3.73. The van der Waals surface area contributed by atoms with Gasteiger partial charge in [-0.1, -0.05) is 11.6 Å². The lowest BCUT2D eigenvalue weighted by molar-refractivity contribution is -0.137. The number of halogens is 2. The summed E-state index contributed by atoms with van der Waals surface area (Å²) < 4.78 is 19.2. The Kier molecular flexibility index (Phi) is 6.13. The molecule has 0 spiro atoms. The van der Waals surface area contributed by atoms with Gasteiger partial charge in [0.15, 0.2) is 5.82 Å². The summed E-state index contributed by atoms with van der Waals surface area (Å²) in [6, 6.07) is 7.36. The molecule has 0 unspecified atom stereocenters. The average Bonchev–Trinajstić information content (AvgIpc) is 2.64. The summed E-state index contributed by atoms with van der Waals surface area (Å²) >= 11 is 5.67. The molecule has 2 aromatic heterocycles. The highest BCUT2D eigenvalue weighted by atomic mass is 35.5. The number of carboxylic acid groups (broad SMARTS) is 1. The lowest BCUT2D eigenvalue weighted by Crippen LogP contribution is -2.26. The minimum atomic E-state index is -0.959.